The van der Waals surface area contributed by atoms with Crippen molar-refractivity contribution < 1.29 is 9.59 Å². The lowest BCUT2D eigenvalue weighted by Gasteiger charge is -2.21. The minimum absolute atomic E-state index is 0.0692. The van der Waals surface area contributed by atoms with Gasteiger partial charge in [0.05, 0.1) is 12.2 Å². The summed E-state index contributed by atoms with van der Waals surface area (Å²) in [6, 6.07) is 1.72. The number of H-pyrrole nitrogens is 1. The number of nitrogens with one attached hydrogen (secondary N) is 2. The number of nitrogens with zero attached hydrogens (tertiary/aromatic N) is 3. The Balaban J connectivity index is 1.81. The molecule has 0 spiro atoms. The molecule has 7 nitrogen and oxygen atoms in total. The van der Waals surface area contributed by atoms with Crippen molar-refractivity contribution in [2.24, 2.45) is 0 Å². The van der Waals surface area contributed by atoms with Crippen LogP contribution in [0.15, 0.2) is 12.3 Å². The molecule has 0 unspecified atom stereocenters. The van der Waals surface area contributed by atoms with Gasteiger partial charge in [0.15, 0.2) is 0 Å². The zero-order valence-electron chi connectivity index (χ0n) is 11.1. The normalized spacial score (nSPS) is 16.1. The molecule has 0 saturated carbocycles. The summed E-state index contributed by atoms with van der Waals surface area (Å²) < 4.78 is 0. The lowest BCUT2D eigenvalue weighted by Crippen LogP contribution is -2.42. The Morgan fingerprint density at radius 1 is 1.32 bits per heavy atom. The first-order valence-electron chi connectivity index (χ1n) is 6.43. The zero-order valence-corrected chi connectivity index (χ0v) is 11.1. The van der Waals surface area contributed by atoms with E-state index in [1.807, 2.05) is 6.07 Å². The number of hydrogen-bond donors (Lipinski definition) is 2. The summed E-state index contributed by atoms with van der Waals surface area (Å²) in [5.41, 5.74) is 0.869. The number of aromatic nitrogens is 2. The minimum atomic E-state index is -0.0972. The van der Waals surface area contributed by atoms with Crippen LogP contribution in [0.2, 0.25) is 0 Å². The van der Waals surface area contributed by atoms with E-state index < -0.39 is 0 Å². The topological polar surface area (TPSA) is 81.3 Å². The van der Waals surface area contributed by atoms with E-state index in [0.717, 1.165) is 18.7 Å². The maximum atomic E-state index is 12.0. The predicted octanol–water partition coefficient (Wildman–Crippen LogP) is 0.174. The van der Waals surface area contributed by atoms with Gasteiger partial charge in [-0.1, -0.05) is 0 Å². The van der Waals surface area contributed by atoms with Crippen LogP contribution in [0, 0.1) is 0 Å². The molecule has 104 valence electrons. The average molecular weight is 265 g/mol. The number of amides is 3. The molecule has 1 saturated heterocycles. The smallest absolute Gasteiger partial charge is 0.317 e. The second kappa shape index (κ2) is 6.21. The largest absolute Gasteiger partial charge is 0.341 e. The highest BCUT2D eigenvalue weighted by Gasteiger charge is 2.19. The fourth-order valence-electron chi connectivity index (χ4n) is 2.10. The predicted molar refractivity (Wildman–Crippen MR) is 69.3 cm³/mol. The maximum absolute atomic E-state index is 12.0. The van der Waals surface area contributed by atoms with E-state index in [9.17, 15) is 9.59 Å². The number of carbonyl (C=O) groups is 2. The van der Waals surface area contributed by atoms with Crippen molar-refractivity contribution in [1.82, 2.24) is 25.3 Å². The Morgan fingerprint density at radius 2 is 2.05 bits per heavy atom. The molecule has 7 heteroatoms. The van der Waals surface area contributed by atoms with Crippen molar-refractivity contribution in [2.75, 3.05) is 26.2 Å². The number of hydrogen-bond acceptors (Lipinski definition) is 3. The Labute approximate surface area is 111 Å². The van der Waals surface area contributed by atoms with E-state index in [1.54, 1.807) is 22.9 Å². The maximum Gasteiger partial charge on any atom is 0.317 e. The van der Waals surface area contributed by atoms with Gasteiger partial charge in [-0.15, -0.1) is 0 Å². The quantitative estimate of drug-likeness (QED) is 0.800. The molecule has 0 aromatic carbocycles. The number of carbonyl (C=O) groups excluding carboxylic acids is 2. The summed E-state index contributed by atoms with van der Waals surface area (Å²) in [6.07, 6.45) is 2.47. The van der Waals surface area contributed by atoms with Crippen LogP contribution in [0.5, 0.6) is 0 Å². The third-order valence-corrected chi connectivity index (χ3v) is 3.22. The van der Waals surface area contributed by atoms with Gasteiger partial charge < -0.3 is 15.1 Å². The van der Waals surface area contributed by atoms with Crippen LogP contribution in [0.1, 0.15) is 19.0 Å². The Hall–Kier alpha value is -2.05. The van der Waals surface area contributed by atoms with Crippen LogP contribution in [0.25, 0.3) is 0 Å². The third kappa shape index (κ3) is 3.70. The molecule has 0 aliphatic carbocycles. The molecule has 0 bridgehead atoms. The highest BCUT2D eigenvalue weighted by molar-refractivity contribution is 5.75. The monoisotopic (exact) mass is 265 g/mol. The van der Waals surface area contributed by atoms with Gasteiger partial charge in [-0.2, -0.15) is 5.10 Å². The molecule has 2 N–H and O–H groups in total. The summed E-state index contributed by atoms with van der Waals surface area (Å²) in [5.74, 6) is 0.0692. The van der Waals surface area contributed by atoms with E-state index >= 15 is 0 Å². The summed E-state index contributed by atoms with van der Waals surface area (Å²) in [6.45, 7) is 4.58. The number of aromatic amines is 1. The Bertz CT molecular complexity index is 431. The molecule has 2 rings (SSSR count). The molecule has 1 aliphatic rings. The SMILES string of the molecule is CC(=O)N1CCCN(C(=O)NCc2ccn[nH]2)CC1. The van der Waals surface area contributed by atoms with Crippen molar-refractivity contribution in [2.45, 2.75) is 19.9 Å². The van der Waals surface area contributed by atoms with Crippen molar-refractivity contribution in [3.05, 3.63) is 18.0 Å². The molecule has 19 heavy (non-hydrogen) atoms. The van der Waals surface area contributed by atoms with Gasteiger partial charge in [0.2, 0.25) is 5.91 Å². The van der Waals surface area contributed by atoms with E-state index in [0.29, 0.717) is 26.2 Å². The summed E-state index contributed by atoms with van der Waals surface area (Å²) in [7, 11) is 0. The molecule has 0 atom stereocenters. The molecule has 1 aliphatic heterocycles. The van der Waals surface area contributed by atoms with Gasteiger partial charge in [-0.25, -0.2) is 4.79 Å². The Kier molecular flexibility index (Phi) is 4.38. The van der Waals surface area contributed by atoms with E-state index in [-0.39, 0.29) is 11.9 Å². The molecule has 1 aromatic heterocycles. The second-order valence-corrected chi connectivity index (χ2v) is 4.59. The van der Waals surface area contributed by atoms with Crippen LogP contribution in [0.3, 0.4) is 0 Å². The van der Waals surface area contributed by atoms with Crippen LogP contribution in [-0.4, -0.2) is 58.1 Å². The molecular weight excluding hydrogens is 246 g/mol. The fraction of sp³-hybridized carbons (Fsp3) is 0.583. The number of urea groups is 1. The first-order chi connectivity index (χ1) is 9.16. The summed E-state index contributed by atoms with van der Waals surface area (Å²) in [4.78, 5) is 26.8. The molecule has 1 aromatic rings. The zero-order chi connectivity index (χ0) is 13.7. The molecule has 3 amide bonds. The van der Waals surface area contributed by atoms with Crippen molar-refractivity contribution in [3.8, 4) is 0 Å². The first-order valence-corrected chi connectivity index (χ1v) is 6.43. The van der Waals surface area contributed by atoms with Gasteiger partial charge in [0.25, 0.3) is 0 Å². The highest BCUT2D eigenvalue weighted by atomic mass is 16.2. The van der Waals surface area contributed by atoms with E-state index in [4.69, 9.17) is 0 Å². The summed E-state index contributed by atoms with van der Waals surface area (Å²) >= 11 is 0. The molecular formula is C12H19N5O2. The fourth-order valence-corrected chi connectivity index (χ4v) is 2.10. The van der Waals surface area contributed by atoms with E-state index in [2.05, 4.69) is 15.5 Å². The van der Waals surface area contributed by atoms with Crippen LogP contribution < -0.4 is 5.32 Å². The highest BCUT2D eigenvalue weighted by Crippen LogP contribution is 2.04. The molecule has 0 radical (unpaired) electrons. The third-order valence-electron chi connectivity index (χ3n) is 3.22. The van der Waals surface area contributed by atoms with Crippen molar-refractivity contribution in [3.63, 3.8) is 0 Å². The van der Waals surface area contributed by atoms with Crippen LogP contribution >= 0.6 is 0 Å². The lowest BCUT2D eigenvalue weighted by atomic mass is 10.4. The van der Waals surface area contributed by atoms with Crippen molar-refractivity contribution in [1.29, 1.82) is 0 Å². The van der Waals surface area contributed by atoms with E-state index in [1.165, 1.54) is 0 Å². The molecule has 1 fully saturated rings. The lowest BCUT2D eigenvalue weighted by molar-refractivity contribution is -0.128. The van der Waals surface area contributed by atoms with Gasteiger partial charge in [-0.05, 0) is 12.5 Å². The second-order valence-electron chi connectivity index (χ2n) is 4.59. The van der Waals surface area contributed by atoms with Gasteiger partial charge in [-0.3, -0.25) is 9.89 Å². The van der Waals surface area contributed by atoms with Crippen LogP contribution in [0.4, 0.5) is 4.79 Å². The Morgan fingerprint density at radius 3 is 2.74 bits per heavy atom. The van der Waals surface area contributed by atoms with Gasteiger partial charge in [0.1, 0.15) is 0 Å². The van der Waals surface area contributed by atoms with Gasteiger partial charge in [0, 0.05) is 39.3 Å². The standard InChI is InChI=1S/C12H19N5O2/c1-10(18)16-5-2-6-17(8-7-16)12(19)13-9-11-3-4-14-15-11/h3-4H,2,5-9H2,1H3,(H,13,19)(H,14,15). The average Bonchev–Trinajstić information content (AvgIpc) is 2.77. The molecule has 2 heterocycles. The van der Waals surface area contributed by atoms with Crippen molar-refractivity contribution >= 4 is 11.9 Å². The first kappa shape index (κ1) is 13.4. The van der Waals surface area contributed by atoms with Gasteiger partial charge >= 0.3 is 6.03 Å². The summed E-state index contributed by atoms with van der Waals surface area (Å²) in [5, 5.41) is 9.46. The van der Waals surface area contributed by atoms with Crippen LogP contribution in [-0.2, 0) is 11.3 Å². The minimum Gasteiger partial charge on any atom is -0.341 e. The number of rotatable bonds is 2.